The van der Waals surface area contributed by atoms with Crippen molar-refractivity contribution in [3.8, 4) is 11.5 Å². The van der Waals surface area contributed by atoms with Crippen LogP contribution in [0.2, 0.25) is 0 Å². The molecule has 0 radical (unpaired) electrons. The van der Waals surface area contributed by atoms with Crippen molar-refractivity contribution in [2.45, 2.75) is 32.9 Å². The van der Waals surface area contributed by atoms with Gasteiger partial charge in [-0.1, -0.05) is 6.07 Å². The molecule has 0 aliphatic carbocycles. The topological polar surface area (TPSA) is 21.3 Å². The van der Waals surface area contributed by atoms with E-state index in [9.17, 15) is 4.39 Å². The molecule has 0 atom stereocenters. The Hall–Kier alpha value is -1.39. The summed E-state index contributed by atoms with van der Waals surface area (Å²) in [6.45, 7) is 7.19. The maximum atomic E-state index is 12.9. The quantitative estimate of drug-likeness (QED) is 0.810. The van der Waals surface area contributed by atoms with Gasteiger partial charge in [0, 0.05) is 12.1 Å². The van der Waals surface area contributed by atoms with Crippen LogP contribution in [0.4, 0.5) is 4.39 Å². The highest BCUT2D eigenvalue weighted by molar-refractivity contribution is 9.10. The number of nitrogens with one attached hydrogen (secondary N) is 1. The van der Waals surface area contributed by atoms with E-state index in [0.29, 0.717) is 11.5 Å². The van der Waals surface area contributed by atoms with Gasteiger partial charge in [-0.15, -0.1) is 0 Å². The molecule has 21 heavy (non-hydrogen) atoms. The number of hydrogen-bond acceptors (Lipinski definition) is 2. The average Bonchev–Trinajstić information content (AvgIpc) is 2.41. The van der Waals surface area contributed by atoms with Gasteiger partial charge in [0.05, 0.1) is 4.47 Å². The summed E-state index contributed by atoms with van der Waals surface area (Å²) in [7, 11) is 0. The molecule has 0 aliphatic heterocycles. The van der Waals surface area contributed by atoms with Crippen molar-refractivity contribution in [2.75, 3.05) is 0 Å². The fourth-order valence-corrected chi connectivity index (χ4v) is 2.24. The van der Waals surface area contributed by atoms with E-state index in [1.807, 2.05) is 18.2 Å². The second kappa shape index (κ2) is 6.58. The van der Waals surface area contributed by atoms with Gasteiger partial charge in [-0.05, 0) is 78.7 Å². The van der Waals surface area contributed by atoms with E-state index >= 15 is 0 Å². The van der Waals surface area contributed by atoms with E-state index in [-0.39, 0.29) is 11.4 Å². The Morgan fingerprint density at radius 3 is 2.33 bits per heavy atom. The zero-order valence-electron chi connectivity index (χ0n) is 12.4. The SMILES string of the molecule is CC(C)(C)NCc1ccc(Oc2ccc(F)cc2)c(Br)c1. The largest absolute Gasteiger partial charge is 0.456 e. The monoisotopic (exact) mass is 351 g/mol. The molecule has 1 N–H and O–H groups in total. The van der Waals surface area contributed by atoms with Gasteiger partial charge in [0.1, 0.15) is 17.3 Å². The van der Waals surface area contributed by atoms with E-state index in [1.54, 1.807) is 12.1 Å². The third-order valence-corrected chi connectivity index (χ3v) is 3.48. The van der Waals surface area contributed by atoms with Crippen LogP contribution in [0.1, 0.15) is 26.3 Å². The Bertz CT molecular complexity index is 605. The molecule has 112 valence electrons. The molecule has 0 spiro atoms. The number of hydrogen-bond donors (Lipinski definition) is 1. The highest BCUT2D eigenvalue weighted by atomic mass is 79.9. The van der Waals surface area contributed by atoms with Gasteiger partial charge in [-0.2, -0.15) is 0 Å². The molecule has 0 bridgehead atoms. The van der Waals surface area contributed by atoms with Crippen LogP contribution < -0.4 is 10.1 Å². The zero-order valence-corrected chi connectivity index (χ0v) is 14.0. The van der Waals surface area contributed by atoms with Crippen LogP contribution in [0.3, 0.4) is 0 Å². The van der Waals surface area contributed by atoms with Crippen molar-refractivity contribution in [3.05, 3.63) is 58.3 Å². The molecule has 0 unspecified atom stereocenters. The van der Waals surface area contributed by atoms with Crippen molar-refractivity contribution in [1.29, 1.82) is 0 Å². The summed E-state index contributed by atoms with van der Waals surface area (Å²) in [6.07, 6.45) is 0. The third-order valence-electron chi connectivity index (χ3n) is 2.86. The molecular weight excluding hydrogens is 333 g/mol. The first kappa shape index (κ1) is 16.0. The Morgan fingerprint density at radius 2 is 1.76 bits per heavy atom. The van der Waals surface area contributed by atoms with Gasteiger partial charge in [-0.3, -0.25) is 0 Å². The molecule has 0 saturated heterocycles. The molecule has 0 saturated carbocycles. The third kappa shape index (κ3) is 5.14. The van der Waals surface area contributed by atoms with Crippen LogP contribution >= 0.6 is 15.9 Å². The van der Waals surface area contributed by atoms with Crippen LogP contribution in [-0.2, 0) is 6.54 Å². The molecule has 2 rings (SSSR count). The summed E-state index contributed by atoms with van der Waals surface area (Å²) in [4.78, 5) is 0. The summed E-state index contributed by atoms with van der Waals surface area (Å²) in [5.41, 5.74) is 1.25. The van der Waals surface area contributed by atoms with E-state index in [1.165, 1.54) is 17.7 Å². The van der Waals surface area contributed by atoms with Crippen LogP contribution in [-0.4, -0.2) is 5.54 Å². The van der Waals surface area contributed by atoms with Gasteiger partial charge < -0.3 is 10.1 Å². The predicted octanol–water partition coefficient (Wildman–Crippen LogP) is 5.27. The maximum absolute atomic E-state index is 12.9. The Morgan fingerprint density at radius 1 is 1.10 bits per heavy atom. The molecule has 0 aliphatic rings. The van der Waals surface area contributed by atoms with Crippen LogP contribution in [0.15, 0.2) is 46.9 Å². The fourth-order valence-electron chi connectivity index (χ4n) is 1.73. The highest BCUT2D eigenvalue weighted by Crippen LogP contribution is 2.30. The number of halogens is 2. The van der Waals surface area contributed by atoms with Gasteiger partial charge in [0.15, 0.2) is 0 Å². The molecule has 2 aromatic carbocycles. The van der Waals surface area contributed by atoms with Gasteiger partial charge in [-0.25, -0.2) is 4.39 Å². The summed E-state index contributed by atoms with van der Waals surface area (Å²) in [5.74, 6) is 1.05. The molecule has 0 fully saturated rings. The molecule has 2 aromatic rings. The minimum Gasteiger partial charge on any atom is -0.456 e. The zero-order chi connectivity index (χ0) is 15.5. The van der Waals surface area contributed by atoms with E-state index < -0.39 is 0 Å². The standard InChI is InChI=1S/C17H19BrFNO/c1-17(2,3)20-11-12-4-9-16(15(18)10-12)21-14-7-5-13(19)6-8-14/h4-10,20H,11H2,1-3H3. The Balaban J connectivity index is 2.07. The van der Waals surface area contributed by atoms with Gasteiger partial charge in [0.25, 0.3) is 0 Å². The first-order valence-electron chi connectivity index (χ1n) is 6.80. The van der Waals surface area contributed by atoms with Crippen molar-refractivity contribution in [2.24, 2.45) is 0 Å². The van der Waals surface area contributed by atoms with Crippen LogP contribution in [0.25, 0.3) is 0 Å². The molecule has 4 heteroatoms. The van der Waals surface area contributed by atoms with Crippen LogP contribution in [0.5, 0.6) is 11.5 Å². The smallest absolute Gasteiger partial charge is 0.141 e. The first-order valence-corrected chi connectivity index (χ1v) is 7.60. The van der Waals surface area contributed by atoms with Crippen molar-refractivity contribution in [3.63, 3.8) is 0 Å². The predicted molar refractivity (Wildman–Crippen MR) is 87.2 cm³/mol. The lowest BCUT2D eigenvalue weighted by Crippen LogP contribution is -2.35. The Kier molecular flexibility index (Phi) is 5.01. The van der Waals surface area contributed by atoms with Crippen molar-refractivity contribution < 1.29 is 9.13 Å². The lowest BCUT2D eigenvalue weighted by Gasteiger charge is -2.20. The number of rotatable bonds is 4. The average molecular weight is 352 g/mol. The molecular formula is C17H19BrFNO. The minimum absolute atomic E-state index is 0.0791. The summed E-state index contributed by atoms with van der Waals surface area (Å²) in [5, 5.41) is 3.44. The summed E-state index contributed by atoms with van der Waals surface area (Å²) >= 11 is 3.51. The lowest BCUT2D eigenvalue weighted by molar-refractivity contribution is 0.424. The number of benzene rings is 2. The van der Waals surface area contributed by atoms with Crippen molar-refractivity contribution in [1.82, 2.24) is 5.32 Å². The minimum atomic E-state index is -0.273. The molecule has 0 aromatic heterocycles. The second-order valence-corrected chi connectivity index (χ2v) is 6.78. The summed E-state index contributed by atoms with van der Waals surface area (Å²) < 4.78 is 19.5. The highest BCUT2D eigenvalue weighted by Gasteiger charge is 2.10. The van der Waals surface area contributed by atoms with Crippen LogP contribution in [0, 0.1) is 5.82 Å². The van der Waals surface area contributed by atoms with E-state index in [2.05, 4.69) is 42.0 Å². The summed E-state index contributed by atoms with van der Waals surface area (Å²) in [6, 6.07) is 11.9. The molecule has 0 amide bonds. The van der Waals surface area contributed by atoms with Gasteiger partial charge in [0.2, 0.25) is 0 Å². The lowest BCUT2D eigenvalue weighted by atomic mass is 10.1. The molecule has 2 nitrogen and oxygen atoms in total. The van der Waals surface area contributed by atoms with E-state index in [4.69, 9.17) is 4.74 Å². The molecule has 0 heterocycles. The van der Waals surface area contributed by atoms with Gasteiger partial charge >= 0.3 is 0 Å². The Labute approximate surface area is 133 Å². The maximum Gasteiger partial charge on any atom is 0.141 e. The first-order chi connectivity index (χ1) is 9.83. The van der Waals surface area contributed by atoms with Crippen molar-refractivity contribution >= 4 is 15.9 Å². The fraction of sp³-hybridized carbons (Fsp3) is 0.294. The normalized spacial score (nSPS) is 11.5. The second-order valence-electron chi connectivity index (χ2n) is 5.92. The number of ether oxygens (including phenoxy) is 1. The van der Waals surface area contributed by atoms with E-state index in [0.717, 1.165) is 11.0 Å².